The molecule has 8 nitrogen and oxygen atoms in total. The van der Waals surface area contributed by atoms with E-state index in [0.29, 0.717) is 29.4 Å². The molecule has 3 aromatic heterocycles. The number of rotatable bonds is 4. The monoisotopic (exact) mass is 385 g/mol. The molecule has 140 valence electrons. The Morgan fingerprint density at radius 3 is 2.93 bits per heavy atom. The molecule has 0 saturated carbocycles. The van der Waals surface area contributed by atoms with Gasteiger partial charge in [-0.15, -0.1) is 11.3 Å². The summed E-state index contributed by atoms with van der Waals surface area (Å²) >= 11 is 1.32. The summed E-state index contributed by atoms with van der Waals surface area (Å²) in [7, 11) is 1.34. The van der Waals surface area contributed by atoms with Gasteiger partial charge in [0.15, 0.2) is 5.13 Å². The van der Waals surface area contributed by atoms with Gasteiger partial charge in [-0.1, -0.05) is 12.2 Å². The number of methoxy groups -OCH3 is 1. The van der Waals surface area contributed by atoms with Crippen molar-refractivity contribution in [2.45, 2.75) is 12.8 Å². The van der Waals surface area contributed by atoms with E-state index < -0.39 is 11.8 Å². The highest BCUT2D eigenvalue weighted by atomic mass is 32.1. The number of H-pyrrole nitrogens is 1. The SMILES string of the molecule is COC(=O)C1CC=CCC1C(=O)Nc1nc(-c2ncnc3[nH]ccc23)cs1.[HH]. The Balaban J connectivity index is 0.00000225. The quantitative estimate of drug-likeness (QED) is 0.528. The fourth-order valence-corrected chi connectivity index (χ4v) is 3.93. The van der Waals surface area contributed by atoms with Crippen LogP contribution in [0.15, 0.2) is 36.1 Å². The maximum atomic E-state index is 12.7. The van der Waals surface area contributed by atoms with Gasteiger partial charge < -0.3 is 15.0 Å². The van der Waals surface area contributed by atoms with Crippen molar-refractivity contribution in [1.29, 1.82) is 0 Å². The van der Waals surface area contributed by atoms with Gasteiger partial charge >= 0.3 is 5.97 Å². The second-order valence-corrected chi connectivity index (χ2v) is 7.03. The van der Waals surface area contributed by atoms with Crippen molar-refractivity contribution < 1.29 is 15.8 Å². The van der Waals surface area contributed by atoms with Gasteiger partial charge in [0.05, 0.1) is 18.9 Å². The zero-order valence-electron chi connectivity index (χ0n) is 14.5. The standard InChI is InChI=1S/C18H17N5O3S.H2/c1-26-17(25)11-5-3-2-4-10(11)16(24)23-18-22-13(8-27-18)14-12-6-7-19-15(12)21-9-20-14;/h2-3,6-11H,4-5H2,1H3,(H,19,20,21)(H,22,23,24);1H. The lowest BCUT2D eigenvalue weighted by atomic mass is 9.82. The number of esters is 1. The summed E-state index contributed by atoms with van der Waals surface area (Å²) in [5.74, 6) is -1.54. The molecular formula is C18H19N5O3S. The molecule has 1 amide bonds. The number of aromatic nitrogens is 4. The van der Waals surface area contributed by atoms with E-state index in [1.165, 1.54) is 24.8 Å². The van der Waals surface area contributed by atoms with Crippen molar-refractivity contribution in [1.82, 2.24) is 19.9 Å². The number of allylic oxidation sites excluding steroid dienone is 2. The van der Waals surface area contributed by atoms with Crippen LogP contribution < -0.4 is 5.32 Å². The summed E-state index contributed by atoms with van der Waals surface area (Å²) in [5.41, 5.74) is 2.09. The van der Waals surface area contributed by atoms with Gasteiger partial charge in [0.25, 0.3) is 0 Å². The minimum atomic E-state index is -0.472. The van der Waals surface area contributed by atoms with Crippen LogP contribution in [0.4, 0.5) is 5.13 Å². The lowest BCUT2D eigenvalue weighted by Crippen LogP contribution is -2.35. The van der Waals surface area contributed by atoms with Gasteiger partial charge in [-0.05, 0) is 18.9 Å². The highest BCUT2D eigenvalue weighted by Gasteiger charge is 2.35. The molecule has 0 bridgehead atoms. The van der Waals surface area contributed by atoms with Crippen LogP contribution in [-0.4, -0.2) is 38.9 Å². The smallest absolute Gasteiger partial charge is 0.309 e. The van der Waals surface area contributed by atoms with Crippen LogP contribution in [0, 0.1) is 11.8 Å². The first kappa shape index (κ1) is 17.3. The maximum absolute atomic E-state index is 12.7. The van der Waals surface area contributed by atoms with Gasteiger partial charge in [-0.2, -0.15) is 0 Å². The van der Waals surface area contributed by atoms with Crippen LogP contribution >= 0.6 is 11.3 Å². The number of fused-ring (bicyclic) bond motifs is 1. The molecule has 1 aliphatic rings. The molecule has 2 unspecified atom stereocenters. The van der Waals surface area contributed by atoms with Crippen molar-refractivity contribution in [2.75, 3.05) is 12.4 Å². The number of nitrogens with zero attached hydrogens (tertiary/aromatic N) is 3. The summed E-state index contributed by atoms with van der Waals surface area (Å²) in [6.07, 6.45) is 8.09. The number of anilines is 1. The van der Waals surface area contributed by atoms with Gasteiger partial charge in [-0.3, -0.25) is 9.59 Å². The minimum absolute atomic E-state index is 0. The fraction of sp³-hybridized carbons (Fsp3) is 0.278. The zero-order valence-corrected chi connectivity index (χ0v) is 15.3. The van der Waals surface area contributed by atoms with Gasteiger partial charge in [0.2, 0.25) is 5.91 Å². The first-order valence-electron chi connectivity index (χ1n) is 8.45. The largest absolute Gasteiger partial charge is 0.469 e. The molecular weight excluding hydrogens is 366 g/mol. The predicted octanol–water partition coefficient (Wildman–Crippen LogP) is 3.02. The predicted molar refractivity (Wildman–Crippen MR) is 103 cm³/mol. The van der Waals surface area contributed by atoms with Crippen molar-refractivity contribution in [2.24, 2.45) is 11.8 Å². The van der Waals surface area contributed by atoms with Gasteiger partial charge in [0.1, 0.15) is 23.4 Å². The maximum Gasteiger partial charge on any atom is 0.309 e. The van der Waals surface area contributed by atoms with E-state index in [1.54, 1.807) is 6.20 Å². The van der Waals surface area contributed by atoms with Crippen LogP contribution in [0.2, 0.25) is 0 Å². The van der Waals surface area contributed by atoms with E-state index >= 15 is 0 Å². The van der Waals surface area contributed by atoms with E-state index in [-0.39, 0.29) is 13.3 Å². The second-order valence-electron chi connectivity index (χ2n) is 6.17. The first-order valence-corrected chi connectivity index (χ1v) is 9.33. The average molecular weight is 385 g/mol. The fourth-order valence-electron chi connectivity index (χ4n) is 3.23. The molecule has 2 N–H and O–H groups in total. The summed E-state index contributed by atoms with van der Waals surface area (Å²) in [4.78, 5) is 40.6. The Kier molecular flexibility index (Phi) is 4.68. The van der Waals surface area contributed by atoms with Crippen molar-refractivity contribution >= 4 is 39.4 Å². The zero-order chi connectivity index (χ0) is 18.8. The van der Waals surface area contributed by atoms with Crippen LogP contribution in [0.25, 0.3) is 22.4 Å². The molecule has 9 heteroatoms. The highest BCUT2D eigenvalue weighted by Crippen LogP contribution is 2.31. The molecule has 0 aromatic carbocycles. The molecule has 0 spiro atoms. The summed E-state index contributed by atoms with van der Waals surface area (Å²) < 4.78 is 4.83. The summed E-state index contributed by atoms with van der Waals surface area (Å²) in [5, 5.41) is 6.00. The number of hydrogen-bond acceptors (Lipinski definition) is 7. The number of carbonyl (C=O) groups is 2. The average Bonchev–Trinajstić information content (AvgIpc) is 3.36. The number of aromatic amines is 1. The Bertz CT molecular complexity index is 1030. The van der Waals surface area contributed by atoms with E-state index in [9.17, 15) is 9.59 Å². The van der Waals surface area contributed by atoms with E-state index in [2.05, 4.69) is 25.3 Å². The molecule has 0 fully saturated rings. The van der Waals surface area contributed by atoms with E-state index in [4.69, 9.17) is 4.74 Å². The van der Waals surface area contributed by atoms with Crippen LogP contribution in [0.3, 0.4) is 0 Å². The molecule has 2 atom stereocenters. The number of hydrogen-bond donors (Lipinski definition) is 2. The molecule has 4 rings (SSSR count). The number of thiazole rings is 1. The third kappa shape index (κ3) is 3.33. The first-order chi connectivity index (χ1) is 13.2. The number of ether oxygens (including phenoxy) is 1. The molecule has 0 saturated heterocycles. The van der Waals surface area contributed by atoms with E-state index in [1.807, 2.05) is 23.6 Å². The van der Waals surface area contributed by atoms with E-state index in [0.717, 1.165) is 11.0 Å². The molecule has 0 aliphatic heterocycles. The van der Waals surface area contributed by atoms with Crippen molar-refractivity contribution in [3.05, 3.63) is 36.1 Å². The van der Waals surface area contributed by atoms with Crippen LogP contribution in [0.5, 0.6) is 0 Å². The molecule has 1 aliphatic carbocycles. The van der Waals surface area contributed by atoms with Crippen LogP contribution in [-0.2, 0) is 14.3 Å². The Hall–Kier alpha value is -3.07. The topological polar surface area (TPSA) is 110 Å². The normalized spacial score (nSPS) is 19.1. The number of nitrogens with one attached hydrogen (secondary N) is 2. The Morgan fingerprint density at radius 1 is 1.30 bits per heavy atom. The molecule has 3 aromatic rings. The van der Waals surface area contributed by atoms with Crippen molar-refractivity contribution in [3.8, 4) is 11.4 Å². The minimum Gasteiger partial charge on any atom is -0.469 e. The van der Waals surface area contributed by atoms with Crippen LogP contribution in [0.1, 0.15) is 14.3 Å². The third-order valence-corrected chi connectivity index (χ3v) is 5.36. The lowest BCUT2D eigenvalue weighted by molar-refractivity contribution is -0.149. The molecule has 27 heavy (non-hydrogen) atoms. The Labute approximate surface area is 160 Å². The summed E-state index contributed by atoms with van der Waals surface area (Å²) in [6.45, 7) is 0. The Morgan fingerprint density at radius 2 is 2.11 bits per heavy atom. The van der Waals surface area contributed by atoms with Gasteiger partial charge in [-0.25, -0.2) is 15.0 Å². The van der Waals surface area contributed by atoms with Gasteiger partial charge in [0, 0.05) is 18.4 Å². The third-order valence-electron chi connectivity index (χ3n) is 4.60. The molecule has 0 radical (unpaired) electrons. The number of amides is 1. The molecule has 3 heterocycles. The second kappa shape index (κ2) is 7.28. The highest BCUT2D eigenvalue weighted by molar-refractivity contribution is 7.14. The lowest BCUT2D eigenvalue weighted by Gasteiger charge is -2.24. The van der Waals surface area contributed by atoms with Crippen molar-refractivity contribution in [3.63, 3.8) is 0 Å². The number of carbonyl (C=O) groups excluding carboxylic acids is 2. The summed E-state index contributed by atoms with van der Waals surface area (Å²) in [6, 6.07) is 1.89.